The molecule has 0 radical (unpaired) electrons. The van der Waals surface area contributed by atoms with Crippen LogP contribution in [0.3, 0.4) is 0 Å². The maximum atomic E-state index is 13.0. The molecule has 0 fully saturated rings. The van der Waals surface area contributed by atoms with Crippen molar-refractivity contribution in [3.05, 3.63) is 34.6 Å². The van der Waals surface area contributed by atoms with Gasteiger partial charge >= 0.3 is 0 Å². The Kier molecular flexibility index (Phi) is 4.66. The van der Waals surface area contributed by atoms with Crippen molar-refractivity contribution in [3.8, 4) is 0 Å². The van der Waals surface area contributed by atoms with Gasteiger partial charge in [-0.05, 0) is 24.7 Å². The second-order valence-corrected chi connectivity index (χ2v) is 3.96. The number of nitrogens with zero attached hydrogens (tertiary/aromatic N) is 1. The fourth-order valence-corrected chi connectivity index (χ4v) is 1.58. The number of hydrogen-bond donors (Lipinski definition) is 0. The van der Waals surface area contributed by atoms with E-state index in [0.717, 1.165) is 12.1 Å². The van der Waals surface area contributed by atoms with Crippen LogP contribution in [0, 0.1) is 5.82 Å². The van der Waals surface area contributed by atoms with Crippen LogP contribution in [-0.2, 0) is 6.54 Å². The number of rotatable bonds is 4. The maximum absolute atomic E-state index is 13.0. The first-order valence-electron chi connectivity index (χ1n) is 4.32. The standard InChI is InChI=1S/C10H12Cl2FN/c1-14(5-4-11)7-8-2-3-9(12)10(13)6-8/h2-3,6H,4-5,7H2,1H3. The van der Waals surface area contributed by atoms with Crippen LogP contribution in [0.2, 0.25) is 5.02 Å². The summed E-state index contributed by atoms with van der Waals surface area (Å²) >= 11 is 11.2. The summed E-state index contributed by atoms with van der Waals surface area (Å²) in [4.78, 5) is 2.02. The smallest absolute Gasteiger partial charge is 0.142 e. The third-order valence-corrected chi connectivity index (χ3v) is 2.38. The molecule has 0 heterocycles. The fraction of sp³-hybridized carbons (Fsp3) is 0.400. The minimum atomic E-state index is -0.372. The highest BCUT2D eigenvalue weighted by atomic mass is 35.5. The molecule has 1 nitrogen and oxygen atoms in total. The Hall–Kier alpha value is -0.310. The predicted molar refractivity (Wildman–Crippen MR) is 58.5 cm³/mol. The lowest BCUT2D eigenvalue weighted by Gasteiger charge is -2.14. The lowest BCUT2D eigenvalue weighted by atomic mass is 10.2. The van der Waals surface area contributed by atoms with E-state index >= 15 is 0 Å². The summed E-state index contributed by atoms with van der Waals surface area (Å²) in [5, 5.41) is 0.161. The van der Waals surface area contributed by atoms with Crippen LogP contribution >= 0.6 is 23.2 Å². The van der Waals surface area contributed by atoms with Gasteiger partial charge in [0.2, 0.25) is 0 Å². The zero-order chi connectivity index (χ0) is 10.6. The minimum absolute atomic E-state index is 0.161. The molecule has 0 aliphatic carbocycles. The van der Waals surface area contributed by atoms with E-state index in [-0.39, 0.29) is 10.8 Å². The van der Waals surface area contributed by atoms with Gasteiger partial charge in [0.1, 0.15) is 5.82 Å². The Morgan fingerprint density at radius 2 is 2.14 bits per heavy atom. The number of alkyl halides is 1. The van der Waals surface area contributed by atoms with E-state index in [1.165, 1.54) is 6.07 Å². The third kappa shape index (κ3) is 3.45. The van der Waals surface area contributed by atoms with E-state index in [9.17, 15) is 4.39 Å². The number of hydrogen-bond acceptors (Lipinski definition) is 1. The first kappa shape index (κ1) is 11.8. The van der Waals surface area contributed by atoms with Crippen LogP contribution in [0.15, 0.2) is 18.2 Å². The molecule has 1 aromatic carbocycles. The molecule has 0 aromatic heterocycles. The van der Waals surface area contributed by atoms with Gasteiger partial charge in [0.05, 0.1) is 5.02 Å². The summed E-state index contributed by atoms with van der Waals surface area (Å²) < 4.78 is 13.0. The maximum Gasteiger partial charge on any atom is 0.142 e. The highest BCUT2D eigenvalue weighted by molar-refractivity contribution is 6.30. The van der Waals surface area contributed by atoms with Gasteiger partial charge in [0.25, 0.3) is 0 Å². The molecule has 0 aliphatic rings. The molecule has 0 saturated carbocycles. The molecular formula is C10H12Cl2FN. The molecule has 0 bridgehead atoms. The van der Waals surface area contributed by atoms with Crippen molar-refractivity contribution in [2.24, 2.45) is 0 Å². The summed E-state index contributed by atoms with van der Waals surface area (Å²) in [5.41, 5.74) is 0.902. The van der Waals surface area contributed by atoms with Crippen LogP contribution < -0.4 is 0 Å². The second kappa shape index (κ2) is 5.54. The topological polar surface area (TPSA) is 3.24 Å². The van der Waals surface area contributed by atoms with Crippen molar-refractivity contribution >= 4 is 23.2 Å². The van der Waals surface area contributed by atoms with Gasteiger partial charge in [-0.3, -0.25) is 0 Å². The van der Waals surface area contributed by atoms with E-state index < -0.39 is 0 Å². The number of benzene rings is 1. The van der Waals surface area contributed by atoms with Crippen molar-refractivity contribution in [3.63, 3.8) is 0 Å². The Morgan fingerprint density at radius 1 is 1.43 bits per heavy atom. The summed E-state index contributed by atoms with van der Waals surface area (Å²) in [7, 11) is 1.94. The van der Waals surface area contributed by atoms with E-state index in [0.29, 0.717) is 12.4 Å². The van der Waals surface area contributed by atoms with Crippen molar-refractivity contribution in [2.45, 2.75) is 6.54 Å². The molecule has 78 valence electrons. The largest absolute Gasteiger partial charge is 0.301 e. The molecule has 14 heavy (non-hydrogen) atoms. The zero-order valence-electron chi connectivity index (χ0n) is 7.93. The molecule has 1 aromatic rings. The van der Waals surface area contributed by atoms with E-state index in [4.69, 9.17) is 23.2 Å². The highest BCUT2D eigenvalue weighted by Crippen LogP contribution is 2.16. The Labute approximate surface area is 93.4 Å². The quantitative estimate of drug-likeness (QED) is 0.726. The van der Waals surface area contributed by atoms with Gasteiger partial charge in [-0.1, -0.05) is 17.7 Å². The Morgan fingerprint density at radius 3 is 2.71 bits per heavy atom. The van der Waals surface area contributed by atoms with Crippen molar-refractivity contribution < 1.29 is 4.39 Å². The van der Waals surface area contributed by atoms with E-state index in [2.05, 4.69) is 0 Å². The molecular weight excluding hydrogens is 224 g/mol. The Bertz CT molecular complexity index is 304. The van der Waals surface area contributed by atoms with Gasteiger partial charge < -0.3 is 4.90 Å². The normalized spacial score (nSPS) is 10.9. The predicted octanol–water partition coefficient (Wildman–Crippen LogP) is 3.15. The SMILES string of the molecule is CN(CCCl)Cc1ccc(Cl)c(F)c1. The van der Waals surface area contributed by atoms with Crippen LogP contribution in [-0.4, -0.2) is 24.4 Å². The van der Waals surface area contributed by atoms with Crippen LogP contribution in [0.25, 0.3) is 0 Å². The second-order valence-electron chi connectivity index (χ2n) is 3.18. The summed E-state index contributed by atoms with van der Waals surface area (Å²) in [6, 6.07) is 4.84. The molecule has 0 aliphatic heterocycles. The molecule has 4 heteroatoms. The lowest BCUT2D eigenvalue weighted by Crippen LogP contribution is -2.20. The summed E-state index contributed by atoms with van der Waals surface area (Å²) in [6.45, 7) is 1.46. The van der Waals surface area contributed by atoms with E-state index in [1.54, 1.807) is 6.07 Å². The van der Waals surface area contributed by atoms with Gasteiger partial charge in [0, 0.05) is 19.0 Å². The van der Waals surface area contributed by atoms with Crippen molar-refractivity contribution in [2.75, 3.05) is 19.5 Å². The van der Waals surface area contributed by atoms with Crippen molar-refractivity contribution in [1.29, 1.82) is 0 Å². The molecule has 0 amide bonds. The molecule has 0 saturated heterocycles. The minimum Gasteiger partial charge on any atom is -0.301 e. The summed E-state index contributed by atoms with van der Waals surface area (Å²) in [5.74, 6) is 0.204. The molecule has 0 N–H and O–H groups in total. The van der Waals surface area contributed by atoms with Gasteiger partial charge in [-0.2, -0.15) is 0 Å². The van der Waals surface area contributed by atoms with Gasteiger partial charge in [-0.15, -0.1) is 11.6 Å². The van der Waals surface area contributed by atoms with Crippen LogP contribution in [0.4, 0.5) is 4.39 Å². The molecule has 0 spiro atoms. The van der Waals surface area contributed by atoms with Gasteiger partial charge in [-0.25, -0.2) is 4.39 Å². The van der Waals surface area contributed by atoms with Crippen molar-refractivity contribution in [1.82, 2.24) is 4.90 Å². The first-order valence-corrected chi connectivity index (χ1v) is 5.23. The monoisotopic (exact) mass is 235 g/mol. The molecule has 0 atom stereocenters. The lowest BCUT2D eigenvalue weighted by molar-refractivity contribution is 0.347. The zero-order valence-corrected chi connectivity index (χ0v) is 9.45. The van der Waals surface area contributed by atoms with Gasteiger partial charge in [0.15, 0.2) is 0 Å². The fourth-order valence-electron chi connectivity index (χ4n) is 1.17. The van der Waals surface area contributed by atoms with E-state index in [1.807, 2.05) is 18.0 Å². The summed E-state index contributed by atoms with van der Waals surface area (Å²) in [6.07, 6.45) is 0. The van der Waals surface area contributed by atoms with Crippen LogP contribution in [0.1, 0.15) is 5.56 Å². The third-order valence-electron chi connectivity index (χ3n) is 1.90. The average molecular weight is 236 g/mol. The highest BCUT2D eigenvalue weighted by Gasteiger charge is 2.03. The molecule has 0 unspecified atom stereocenters. The Balaban J connectivity index is 2.63. The molecule has 1 rings (SSSR count). The number of halogens is 3. The average Bonchev–Trinajstić information content (AvgIpc) is 2.12. The first-order chi connectivity index (χ1) is 6.63. The van der Waals surface area contributed by atoms with Crippen LogP contribution in [0.5, 0.6) is 0 Å².